The zero-order valence-corrected chi connectivity index (χ0v) is 11.1. The number of ether oxygens (including phenoxy) is 1. The molecule has 0 saturated heterocycles. The lowest BCUT2D eigenvalue weighted by molar-refractivity contribution is -0.131. The molecular weight excluding hydrogens is 314 g/mol. The number of halogens is 6. The summed E-state index contributed by atoms with van der Waals surface area (Å²) in [5, 5.41) is 0. The molecule has 0 aliphatic rings. The van der Waals surface area contributed by atoms with E-state index in [-0.39, 0.29) is 29.0 Å². The van der Waals surface area contributed by atoms with Gasteiger partial charge in [0.25, 0.3) is 0 Å². The Morgan fingerprint density at radius 1 is 1.00 bits per heavy atom. The first kappa shape index (κ1) is 17.8. The summed E-state index contributed by atoms with van der Waals surface area (Å²) < 4.78 is 77.5. The highest BCUT2D eigenvalue weighted by Crippen LogP contribution is 2.26. The molecule has 1 aromatic carbocycles. The fraction of sp³-hybridized carbons (Fsp3) is 0.214. The number of rotatable bonds is 3. The molecule has 22 heavy (non-hydrogen) atoms. The maximum absolute atomic E-state index is 12.2. The third kappa shape index (κ3) is 6.96. The van der Waals surface area contributed by atoms with Crippen molar-refractivity contribution in [1.82, 2.24) is 0 Å². The van der Waals surface area contributed by atoms with Crippen molar-refractivity contribution in [2.24, 2.45) is 0 Å². The van der Waals surface area contributed by atoms with E-state index in [9.17, 15) is 31.1 Å². The molecule has 0 spiro atoms. The van der Waals surface area contributed by atoms with Crippen LogP contribution in [0.3, 0.4) is 0 Å². The SMILES string of the molecule is CC(=O)Oc1ccc(/C=C/C(F)(F)F)cc1/C=C/C(F)(F)F. The highest BCUT2D eigenvalue weighted by molar-refractivity contribution is 5.73. The summed E-state index contributed by atoms with van der Waals surface area (Å²) in [6, 6.07) is 3.35. The number of esters is 1. The van der Waals surface area contributed by atoms with Crippen molar-refractivity contribution in [2.45, 2.75) is 19.3 Å². The van der Waals surface area contributed by atoms with Gasteiger partial charge >= 0.3 is 18.3 Å². The predicted molar refractivity (Wildman–Crippen MR) is 67.9 cm³/mol. The number of hydrogen-bond donors (Lipinski definition) is 0. The molecule has 0 fully saturated rings. The smallest absolute Gasteiger partial charge is 0.409 e. The highest BCUT2D eigenvalue weighted by atomic mass is 19.4. The van der Waals surface area contributed by atoms with Crippen molar-refractivity contribution in [3.8, 4) is 5.75 Å². The summed E-state index contributed by atoms with van der Waals surface area (Å²) in [7, 11) is 0. The molecule has 0 aliphatic carbocycles. The summed E-state index contributed by atoms with van der Waals surface area (Å²) in [6.45, 7) is 1.05. The molecule has 120 valence electrons. The average Bonchev–Trinajstić information content (AvgIpc) is 2.33. The fourth-order valence-corrected chi connectivity index (χ4v) is 1.42. The van der Waals surface area contributed by atoms with E-state index in [2.05, 4.69) is 0 Å². The second-order valence-electron chi connectivity index (χ2n) is 4.14. The molecule has 0 amide bonds. The Morgan fingerprint density at radius 2 is 1.55 bits per heavy atom. The van der Waals surface area contributed by atoms with E-state index in [0.29, 0.717) is 12.2 Å². The van der Waals surface area contributed by atoms with Crippen LogP contribution in [-0.2, 0) is 4.79 Å². The summed E-state index contributed by atoms with van der Waals surface area (Å²) in [6.07, 6.45) is -7.99. The molecule has 1 rings (SSSR count). The Bertz CT molecular complexity index is 596. The zero-order chi connectivity index (χ0) is 17.0. The summed E-state index contributed by atoms with van der Waals surface area (Å²) in [4.78, 5) is 10.9. The first-order valence-electron chi connectivity index (χ1n) is 5.81. The Morgan fingerprint density at radius 3 is 2.05 bits per heavy atom. The van der Waals surface area contributed by atoms with Crippen LogP contribution in [0, 0.1) is 0 Å². The summed E-state index contributed by atoms with van der Waals surface area (Å²) in [5.41, 5.74) is -0.160. The molecule has 0 aromatic heterocycles. The number of allylic oxidation sites excluding steroid dienone is 2. The standard InChI is InChI=1S/C14H10F6O2/c1-9(21)22-12-3-2-10(4-6-13(15,16)17)8-11(12)5-7-14(18,19)20/h2-8H,1H3/b6-4+,7-5+. The molecule has 0 N–H and O–H groups in total. The molecule has 1 aromatic rings. The first-order valence-corrected chi connectivity index (χ1v) is 5.81. The van der Waals surface area contributed by atoms with Crippen molar-refractivity contribution in [3.63, 3.8) is 0 Å². The van der Waals surface area contributed by atoms with Gasteiger partial charge in [0.05, 0.1) is 0 Å². The van der Waals surface area contributed by atoms with Gasteiger partial charge in [0.1, 0.15) is 5.75 Å². The minimum absolute atomic E-state index is 0.00931. The van der Waals surface area contributed by atoms with E-state index >= 15 is 0 Å². The summed E-state index contributed by atoms with van der Waals surface area (Å²) in [5.74, 6) is -0.947. The van der Waals surface area contributed by atoms with Crippen LogP contribution >= 0.6 is 0 Å². The zero-order valence-electron chi connectivity index (χ0n) is 11.1. The first-order chi connectivity index (χ1) is 9.96. The van der Waals surface area contributed by atoms with Crippen LogP contribution < -0.4 is 4.74 Å². The van der Waals surface area contributed by atoms with E-state index in [1.54, 1.807) is 0 Å². The number of carbonyl (C=O) groups excluding carboxylic acids is 1. The van der Waals surface area contributed by atoms with Crippen molar-refractivity contribution >= 4 is 18.1 Å². The van der Waals surface area contributed by atoms with Crippen LogP contribution in [0.4, 0.5) is 26.3 Å². The quantitative estimate of drug-likeness (QED) is 0.455. The van der Waals surface area contributed by atoms with E-state index in [1.807, 2.05) is 0 Å². The van der Waals surface area contributed by atoms with Crippen molar-refractivity contribution in [2.75, 3.05) is 0 Å². The van der Waals surface area contributed by atoms with Gasteiger partial charge in [-0.15, -0.1) is 0 Å². The maximum Gasteiger partial charge on any atom is 0.409 e. The Kier molecular flexibility index (Phi) is 5.40. The molecule has 0 heterocycles. The lowest BCUT2D eigenvalue weighted by atomic mass is 10.1. The van der Waals surface area contributed by atoms with Gasteiger partial charge < -0.3 is 4.74 Å². The van der Waals surface area contributed by atoms with Gasteiger partial charge in [0.15, 0.2) is 0 Å². The van der Waals surface area contributed by atoms with Crippen LogP contribution in [0.15, 0.2) is 30.4 Å². The Labute approximate surface area is 121 Å². The molecule has 0 atom stereocenters. The topological polar surface area (TPSA) is 26.3 Å². The fourth-order valence-electron chi connectivity index (χ4n) is 1.42. The number of alkyl halides is 6. The van der Waals surface area contributed by atoms with Crippen LogP contribution in [-0.4, -0.2) is 18.3 Å². The van der Waals surface area contributed by atoms with Crippen molar-refractivity contribution in [3.05, 3.63) is 41.5 Å². The molecule has 0 unspecified atom stereocenters. The van der Waals surface area contributed by atoms with Crippen LogP contribution in [0.2, 0.25) is 0 Å². The Balaban J connectivity index is 3.19. The average molecular weight is 324 g/mol. The highest BCUT2D eigenvalue weighted by Gasteiger charge is 2.23. The van der Waals surface area contributed by atoms with Gasteiger partial charge in [-0.25, -0.2) is 0 Å². The molecule has 8 heteroatoms. The lowest BCUT2D eigenvalue weighted by Crippen LogP contribution is -2.04. The van der Waals surface area contributed by atoms with Crippen molar-refractivity contribution < 1.29 is 35.9 Å². The van der Waals surface area contributed by atoms with Gasteiger partial charge in [0, 0.05) is 24.6 Å². The minimum atomic E-state index is -4.61. The molecular formula is C14H10F6O2. The minimum Gasteiger partial charge on any atom is -0.426 e. The van der Waals surface area contributed by atoms with Gasteiger partial charge in [-0.2, -0.15) is 26.3 Å². The monoisotopic (exact) mass is 324 g/mol. The third-order valence-electron chi connectivity index (χ3n) is 2.20. The number of carbonyl (C=O) groups is 1. The predicted octanol–water partition coefficient (Wildman–Crippen LogP) is 4.76. The summed E-state index contributed by atoms with van der Waals surface area (Å²) >= 11 is 0. The third-order valence-corrected chi connectivity index (χ3v) is 2.20. The van der Waals surface area contributed by atoms with E-state index in [4.69, 9.17) is 4.74 Å². The normalized spacial score (nSPS) is 13.0. The largest absolute Gasteiger partial charge is 0.426 e. The molecule has 0 saturated carbocycles. The van der Waals surface area contributed by atoms with E-state index in [1.165, 1.54) is 6.07 Å². The van der Waals surface area contributed by atoms with Crippen LogP contribution in [0.1, 0.15) is 18.1 Å². The molecule has 0 radical (unpaired) electrons. The van der Waals surface area contributed by atoms with Gasteiger partial charge in [-0.1, -0.05) is 12.1 Å². The lowest BCUT2D eigenvalue weighted by Gasteiger charge is -2.08. The molecule has 0 aliphatic heterocycles. The van der Waals surface area contributed by atoms with E-state index in [0.717, 1.165) is 19.1 Å². The van der Waals surface area contributed by atoms with Crippen molar-refractivity contribution in [1.29, 1.82) is 0 Å². The maximum atomic E-state index is 12.2. The van der Waals surface area contributed by atoms with Gasteiger partial charge in [-0.05, 0) is 23.8 Å². The second kappa shape index (κ2) is 6.67. The van der Waals surface area contributed by atoms with Gasteiger partial charge in [0.2, 0.25) is 0 Å². The Hall–Kier alpha value is -2.25. The van der Waals surface area contributed by atoms with Gasteiger partial charge in [-0.3, -0.25) is 4.79 Å². The second-order valence-corrected chi connectivity index (χ2v) is 4.14. The number of hydrogen-bond acceptors (Lipinski definition) is 2. The molecule has 0 bridgehead atoms. The number of benzene rings is 1. The van der Waals surface area contributed by atoms with Crippen LogP contribution in [0.5, 0.6) is 5.75 Å². The van der Waals surface area contributed by atoms with E-state index < -0.39 is 18.3 Å². The molecule has 2 nitrogen and oxygen atoms in total. The van der Waals surface area contributed by atoms with Crippen LogP contribution in [0.25, 0.3) is 12.2 Å².